The number of hydrogen-bond donors (Lipinski definition) is 0. The first-order valence-corrected chi connectivity index (χ1v) is 22.5. The highest BCUT2D eigenvalue weighted by Crippen LogP contribution is 2.44. The number of thiophene rings is 2. The predicted molar refractivity (Wildman–Crippen MR) is 263 cm³/mol. The molecule has 63 heavy (non-hydrogen) atoms. The van der Waals surface area contributed by atoms with E-state index in [0.29, 0.717) is 17.6 Å². The minimum absolute atomic E-state index is 0.568. The van der Waals surface area contributed by atoms with Crippen LogP contribution in [0.5, 0.6) is 0 Å². The summed E-state index contributed by atoms with van der Waals surface area (Å²) in [4.78, 5) is 26.3. The Kier molecular flexibility index (Phi) is 8.15. The van der Waals surface area contributed by atoms with Crippen molar-refractivity contribution in [3.63, 3.8) is 0 Å². The van der Waals surface area contributed by atoms with Crippen LogP contribution in [0.1, 0.15) is 0 Å². The molecule has 0 fully saturated rings. The number of aromatic nitrogens is 6. The summed E-state index contributed by atoms with van der Waals surface area (Å²) in [6.07, 6.45) is 0. The van der Waals surface area contributed by atoms with Gasteiger partial charge in [0.15, 0.2) is 17.5 Å². The van der Waals surface area contributed by atoms with Crippen molar-refractivity contribution in [2.75, 3.05) is 0 Å². The van der Waals surface area contributed by atoms with Crippen LogP contribution in [0.4, 0.5) is 0 Å². The zero-order valence-electron chi connectivity index (χ0n) is 33.5. The Hall–Kier alpha value is -7.91. The van der Waals surface area contributed by atoms with Gasteiger partial charge in [0.2, 0.25) is 5.95 Å². The van der Waals surface area contributed by atoms with Gasteiger partial charge in [-0.05, 0) is 47.5 Å². The lowest BCUT2D eigenvalue weighted by molar-refractivity contribution is 0.954. The van der Waals surface area contributed by atoms with Gasteiger partial charge >= 0.3 is 0 Å². The first-order chi connectivity index (χ1) is 31.2. The second-order valence-corrected chi connectivity index (χ2v) is 17.7. The highest BCUT2D eigenvalue weighted by atomic mass is 32.1. The summed E-state index contributed by atoms with van der Waals surface area (Å²) in [5, 5.41) is 5.77. The van der Waals surface area contributed by atoms with Crippen LogP contribution < -0.4 is 0 Å². The van der Waals surface area contributed by atoms with E-state index in [1.165, 1.54) is 21.0 Å². The van der Waals surface area contributed by atoms with Gasteiger partial charge in [-0.1, -0.05) is 158 Å². The molecule has 13 aromatic rings. The molecule has 0 bridgehead atoms. The van der Waals surface area contributed by atoms with Crippen LogP contribution in [-0.4, -0.2) is 29.5 Å². The molecule has 5 heterocycles. The molecule has 0 unspecified atom stereocenters. The molecule has 6 nitrogen and oxygen atoms in total. The third-order valence-corrected chi connectivity index (χ3v) is 14.3. The molecular weight excluding hydrogens is 809 g/mol. The van der Waals surface area contributed by atoms with Gasteiger partial charge < -0.3 is 0 Å². The second kappa shape index (κ2) is 14.3. The molecule has 5 aromatic heterocycles. The van der Waals surface area contributed by atoms with Crippen molar-refractivity contribution in [3.05, 3.63) is 194 Å². The van der Waals surface area contributed by atoms with Gasteiger partial charge in [-0.2, -0.15) is 9.97 Å². The molecule has 0 atom stereocenters. The Morgan fingerprint density at radius 3 is 1.78 bits per heavy atom. The molecule has 0 amide bonds. The van der Waals surface area contributed by atoms with Crippen LogP contribution in [0.2, 0.25) is 0 Å². The number of fused-ring (bicyclic) bond motifs is 9. The SMILES string of the molecule is c1ccc(-c2ccc3c(c2)c2ccccc2n3-c2nc(-c3ccccc3)nc(-c3ccc4c(c3)sc3c(-c5nc(-c6ccccc6)c6sc7ccccc7c6n5)cccc34)n2)cc1. The molecule has 0 radical (unpaired) electrons. The first-order valence-electron chi connectivity index (χ1n) is 20.8. The summed E-state index contributed by atoms with van der Waals surface area (Å²) in [5.41, 5.74) is 10.3. The van der Waals surface area contributed by atoms with E-state index in [-0.39, 0.29) is 0 Å². The average Bonchev–Trinajstić information content (AvgIpc) is 4.03. The maximum Gasteiger partial charge on any atom is 0.238 e. The van der Waals surface area contributed by atoms with E-state index in [2.05, 4.69) is 174 Å². The molecule has 0 saturated carbocycles. The topological polar surface area (TPSA) is 69.4 Å². The molecule has 0 aliphatic carbocycles. The Labute approximate surface area is 369 Å². The van der Waals surface area contributed by atoms with Crippen molar-refractivity contribution >= 4 is 85.0 Å². The molecule has 0 aliphatic rings. The fourth-order valence-corrected chi connectivity index (χ4v) is 11.3. The van der Waals surface area contributed by atoms with Crippen LogP contribution in [0, 0.1) is 0 Å². The van der Waals surface area contributed by atoms with Gasteiger partial charge in [0, 0.05) is 63.3 Å². The second-order valence-electron chi connectivity index (χ2n) is 15.6. The molecule has 0 spiro atoms. The van der Waals surface area contributed by atoms with Gasteiger partial charge in [0.05, 0.1) is 26.9 Å². The Morgan fingerprint density at radius 2 is 0.968 bits per heavy atom. The van der Waals surface area contributed by atoms with Gasteiger partial charge in [0.1, 0.15) is 0 Å². The van der Waals surface area contributed by atoms with Gasteiger partial charge in [-0.25, -0.2) is 15.0 Å². The summed E-state index contributed by atoms with van der Waals surface area (Å²) in [6.45, 7) is 0. The van der Waals surface area contributed by atoms with Gasteiger partial charge in [-0.15, -0.1) is 22.7 Å². The Balaban J connectivity index is 0.989. The van der Waals surface area contributed by atoms with Crippen LogP contribution >= 0.6 is 22.7 Å². The molecule has 8 heteroatoms. The highest BCUT2D eigenvalue weighted by molar-refractivity contribution is 7.26. The van der Waals surface area contributed by atoms with E-state index < -0.39 is 0 Å². The number of hydrogen-bond acceptors (Lipinski definition) is 7. The molecule has 8 aromatic carbocycles. The molecule has 0 saturated heterocycles. The van der Waals surface area contributed by atoms with Crippen LogP contribution in [0.3, 0.4) is 0 Å². The van der Waals surface area contributed by atoms with Crippen LogP contribution in [0.25, 0.3) is 125 Å². The average molecular weight is 841 g/mol. The Bertz CT molecular complexity index is 3910. The van der Waals surface area contributed by atoms with E-state index in [0.717, 1.165) is 86.1 Å². The zero-order chi connectivity index (χ0) is 41.4. The summed E-state index contributed by atoms with van der Waals surface area (Å²) in [6, 6.07) is 67.9. The fraction of sp³-hybridized carbons (Fsp3) is 0. The quantitative estimate of drug-likeness (QED) is 0.167. The van der Waals surface area contributed by atoms with Crippen molar-refractivity contribution in [1.82, 2.24) is 29.5 Å². The maximum atomic E-state index is 5.33. The third-order valence-electron chi connectivity index (χ3n) is 11.9. The van der Waals surface area contributed by atoms with Crippen molar-refractivity contribution in [3.8, 4) is 62.5 Å². The third kappa shape index (κ3) is 5.87. The van der Waals surface area contributed by atoms with Gasteiger partial charge in [-0.3, -0.25) is 4.57 Å². The van der Waals surface area contributed by atoms with Crippen LogP contribution in [0.15, 0.2) is 194 Å². The summed E-state index contributed by atoms with van der Waals surface area (Å²) in [5.74, 6) is 2.51. The number of rotatable bonds is 6. The molecule has 0 aliphatic heterocycles. The number of nitrogens with zero attached hydrogens (tertiary/aromatic N) is 6. The molecule has 294 valence electrons. The molecule has 13 rings (SSSR count). The normalized spacial score (nSPS) is 11.8. The lowest BCUT2D eigenvalue weighted by Crippen LogP contribution is -2.06. The van der Waals surface area contributed by atoms with Crippen molar-refractivity contribution in [2.45, 2.75) is 0 Å². The predicted octanol–water partition coefficient (Wildman–Crippen LogP) is 14.8. The Morgan fingerprint density at radius 1 is 0.333 bits per heavy atom. The van der Waals surface area contributed by atoms with Crippen molar-refractivity contribution in [1.29, 1.82) is 0 Å². The highest BCUT2D eigenvalue weighted by Gasteiger charge is 2.21. The summed E-state index contributed by atoms with van der Waals surface area (Å²) >= 11 is 3.51. The largest absolute Gasteiger partial charge is 0.278 e. The first kappa shape index (κ1) is 35.8. The number of benzene rings is 8. The summed E-state index contributed by atoms with van der Waals surface area (Å²) in [7, 11) is 0. The standard InChI is InChI=1S/C55H32N6S2/c1-4-15-33(16-5-1)36-28-30-45-43(31-36)38-21-10-12-25-44(38)61(45)55-59-52(35-19-8-3-9-20-35)58-53(60-55)37-27-29-39-40-23-14-24-42(50(40)63-47(39)32-37)54-56-48(34-17-6-2-7-18-34)51-49(57-54)41-22-11-13-26-46(41)62-51/h1-32H. The molecular formula is C55H32N6S2. The van der Waals surface area contributed by atoms with E-state index in [4.69, 9.17) is 24.9 Å². The van der Waals surface area contributed by atoms with Gasteiger partial charge in [0.25, 0.3) is 0 Å². The minimum atomic E-state index is 0.568. The smallest absolute Gasteiger partial charge is 0.238 e. The van der Waals surface area contributed by atoms with E-state index in [1.54, 1.807) is 22.7 Å². The monoisotopic (exact) mass is 840 g/mol. The minimum Gasteiger partial charge on any atom is -0.278 e. The maximum absolute atomic E-state index is 5.33. The zero-order valence-corrected chi connectivity index (χ0v) is 35.1. The summed E-state index contributed by atoms with van der Waals surface area (Å²) < 4.78 is 6.76. The van der Waals surface area contributed by atoms with Crippen molar-refractivity contribution < 1.29 is 0 Å². The fourth-order valence-electron chi connectivity index (χ4n) is 8.93. The van der Waals surface area contributed by atoms with E-state index >= 15 is 0 Å². The van der Waals surface area contributed by atoms with Crippen LogP contribution in [-0.2, 0) is 0 Å². The lowest BCUT2D eigenvalue weighted by Gasteiger charge is -2.11. The van der Waals surface area contributed by atoms with E-state index in [1.807, 2.05) is 24.3 Å². The van der Waals surface area contributed by atoms with Crippen molar-refractivity contribution in [2.24, 2.45) is 0 Å². The molecule has 0 N–H and O–H groups in total. The lowest BCUT2D eigenvalue weighted by atomic mass is 10.0. The number of para-hydroxylation sites is 1. The van der Waals surface area contributed by atoms with E-state index in [9.17, 15) is 0 Å².